The van der Waals surface area contributed by atoms with Gasteiger partial charge < -0.3 is 5.32 Å². The second-order valence-corrected chi connectivity index (χ2v) is 8.83. The van der Waals surface area contributed by atoms with Gasteiger partial charge in [-0.2, -0.15) is 5.10 Å². The molecule has 28 heavy (non-hydrogen) atoms. The third-order valence-electron chi connectivity index (χ3n) is 4.44. The van der Waals surface area contributed by atoms with Crippen molar-refractivity contribution in [1.82, 2.24) is 14.8 Å². The predicted molar refractivity (Wildman–Crippen MR) is 117 cm³/mol. The summed E-state index contributed by atoms with van der Waals surface area (Å²) in [5.41, 5.74) is 5.65. The summed E-state index contributed by atoms with van der Waals surface area (Å²) >= 11 is 3.07. The van der Waals surface area contributed by atoms with Gasteiger partial charge in [0, 0.05) is 0 Å². The van der Waals surface area contributed by atoms with Crippen LogP contribution in [0, 0.1) is 20.8 Å². The first kappa shape index (κ1) is 18.7. The van der Waals surface area contributed by atoms with E-state index in [1.54, 1.807) is 11.3 Å². The van der Waals surface area contributed by atoms with E-state index in [-0.39, 0.29) is 5.91 Å². The highest BCUT2D eigenvalue weighted by Crippen LogP contribution is 2.29. The van der Waals surface area contributed by atoms with E-state index in [0.29, 0.717) is 5.75 Å². The van der Waals surface area contributed by atoms with Crippen LogP contribution in [-0.4, -0.2) is 26.4 Å². The highest BCUT2D eigenvalue weighted by atomic mass is 32.2. The maximum atomic E-state index is 12.5. The molecule has 7 heteroatoms. The molecule has 5 nitrogen and oxygen atoms in total. The van der Waals surface area contributed by atoms with Gasteiger partial charge in [0.05, 0.1) is 38.7 Å². The summed E-state index contributed by atoms with van der Waals surface area (Å²) in [7, 11) is 0. The average molecular weight is 409 g/mol. The van der Waals surface area contributed by atoms with Crippen molar-refractivity contribution in [2.75, 3.05) is 11.1 Å². The molecule has 1 amide bonds. The van der Waals surface area contributed by atoms with Crippen LogP contribution >= 0.6 is 23.1 Å². The summed E-state index contributed by atoms with van der Waals surface area (Å²) < 4.78 is 3.90. The highest BCUT2D eigenvalue weighted by Gasteiger charge is 2.16. The van der Waals surface area contributed by atoms with Crippen LogP contribution in [-0.2, 0) is 4.79 Å². The van der Waals surface area contributed by atoms with Crippen molar-refractivity contribution in [2.45, 2.75) is 25.1 Å². The smallest absolute Gasteiger partial charge is 0.234 e. The molecule has 0 spiro atoms. The van der Waals surface area contributed by atoms with Gasteiger partial charge >= 0.3 is 0 Å². The lowest BCUT2D eigenvalue weighted by Gasteiger charge is -2.07. The number of para-hydroxylation sites is 1. The summed E-state index contributed by atoms with van der Waals surface area (Å²) in [5, 5.41) is 7.61. The fraction of sp³-hybridized carbons (Fsp3) is 0.190. The molecule has 0 fully saturated rings. The number of nitrogens with zero attached hydrogens (tertiary/aromatic N) is 3. The van der Waals surface area contributed by atoms with Gasteiger partial charge in [-0.1, -0.05) is 41.6 Å². The molecule has 1 N–H and O–H groups in total. The summed E-state index contributed by atoms with van der Waals surface area (Å²) in [6.07, 6.45) is 0. The Bertz CT molecular complexity index is 1110. The van der Waals surface area contributed by atoms with Gasteiger partial charge in [-0.15, -0.1) is 11.3 Å². The monoisotopic (exact) mass is 408 g/mol. The Labute approximate surface area is 171 Å². The molecule has 2 aromatic heterocycles. The quantitative estimate of drug-likeness (QED) is 0.465. The molecule has 0 aliphatic carbocycles. The Hall–Kier alpha value is -2.64. The van der Waals surface area contributed by atoms with Crippen LogP contribution in [0.25, 0.3) is 15.9 Å². The van der Waals surface area contributed by atoms with Crippen molar-refractivity contribution >= 4 is 44.9 Å². The van der Waals surface area contributed by atoms with Crippen molar-refractivity contribution in [1.29, 1.82) is 0 Å². The molecular formula is C21H20N4OS2. The Morgan fingerprint density at radius 1 is 1.11 bits per heavy atom. The van der Waals surface area contributed by atoms with Crippen LogP contribution < -0.4 is 5.32 Å². The third-order valence-corrected chi connectivity index (χ3v) is 6.61. The number of amides is 1. The number of rotatable bonds is 5. The van der Waals surface area contributed by atoms with E-state index in [0.717, 1.165) is 37.3 Å². The first-order chi connectivity index (χ1) is 13.5. The molecule has 0 saturated carbocycles. The summed E-state index contributed by atoms with van der Waals surface area (Å²) in [6.45, 7) is 5.93. The number of aryl methyl sites for hydroxylation is 2. The molecule has 142 valence electrons. The number of hydrogen-bond acceptors (Lipinski definition) is 5. The zero-order valence-corrected chi connectivity index (χ0v) is 17.5. The Morgan fingerprint density at radius 2 is 1.86 bits per heavy atom. The molecule has 0 unspecified atom stereocenters. The summed E-state index contributed by atoms with van der Waals surface area (Å²) in [6, 6.07) is 16.2. The summed E-state index contributed by atoms with van der Waals surface area (Å²) in [4.78, 5) is 17.1. The van der Waals surface area contributed by atoms with Gasteiger partial charge in [0.25, 0.3) is 0 Å². The maximum Gasteiger partial charge on any atom is 0.234 e. The molecule has 2 aromatic carbocycles. The van der Waals surface area contributed by atoms with Gasteiger partial charge in [-0.3, -0.25) is 4.79 Å². The number of nitrogens with one attached hydrogen (secondary N) is 1. The average Bonchev–Trinajstić information content (AvgIpc) is 3.23. The van der Waals surface area contributed by atoms with Gasteiger partial charge in [0.1, 0.15) is 0 Å². The molecule has 2 heterocycles. The van der Waals surface area contributed by atoms with Crippen LogP contribution in [0.4, 0.5) is 5.69 Å². The largest absolute Gasteiger partial charge is 0.322 e. The van der Waals surface area contributed by atoms with Crippen molar-refractivity contribution in [3.63, 3.8) is 0 Å². The molecule has 0 bridgehead atoms. The number of thioether (sulfide) groups is 1. The van der Waals surface area contributed by atoms with Gasteiger partial charge in [0.15, 0.2) is 4.34 Å². The van der Waals surface area contributed by atoms with E-state index in [1.165, 1.54) is 17.3 Å². The van der Waals surface area contributed by atoms with Crippen LogP contribution in [0.1, 0.15) is 17.0 Å². The lowest BCUT2D eigenvalue weighted by molar-refractivity contribution is -0.113. The van der Waals surface area contributed by atoms with E-state index < -0.39 is 0 Å². The number of carbonyl (C=O) groups is 1. The van der Waals surface area contributed by atoms with Crippen LogP contribution in [0.2, 0.25) is 0 Å². The molecule has 4 aromatic rings. The second kappa shape index (κ2) is 7.77. The van der Waals surface area contributed by atoms with E-state index >= 15 is 0 Å². The third kappa shape index (κ3) is 3.81. The van der Waals surface area contributed by atoms with Crippen molar-refractivity contribution < 1.29 is 4.79 Å². The molecule has 4 rings (SSSR count). The first-order valence-electron chi connectivity index (χ1n) is 8.93. The zero-order valence-electron chi connectivity index (χ0n) is 15.9. The van der Waals surface area contributed by atoms with E-state index in [1.807, 2.05) is 54.9 Å². The molecule has 0 aliphatic rings. The highest BCUT2D eigenvalue weighted by molar-refractivity contribution is 8.01. The fourth-order valence-corrected chi connectivity index (χ4v) is 4.84. The number of aromatic nitrogens is 3. The van der Waals surface area contributed by atoms with Crippen LogP contribution in [0.15, 0.2) is 52.9 Å². The maximum absolute atomic E-state index is 12.5. The molecule has 0 aliphatic heterocycles. The predicted octanol–water partition coefficient (Wildman–Crippen LogP) is 5.14. The van der Waals surface area contributed by atoms with E-state index in [9.17, 15) is 4.79 Å². The zero-order chi connectivity index (χ0) is 19.7. The Balaban J connectivity index is 1.46. The number of carbonyl (C=O) groups excluding carboxylic acids is 1. The lowest BCUT2D eigenvalue weighted by Crippen LogP contribution is -2.15. The van der Waals surface area contributed by atoms with E-state index in [4.69, 9.17) is 0 Å². The van der Waals surface area contributed by atoms with E-state index in [2.05, 4.69) is 34.5 Å². The van der Waals surface area contributed by atoms with Crippen LogP contribution in [0.3, 0.4) is 0 Å². The minimum absolute atomic E-state index is 0.0566. The normalized spacial score (nSPS) is 11.1. The topological polar surface area (TPSA) is 59.8 Å². The number of hydrogen-bond donors (Lipinski definition) is 1. The number of fused-ring (bicyclic) bond motifs is 1. The minimum atomic E-state index is -0.0566. The van der Waals surface area contributed by atoms with Gasteiger partial charge in [-0.25, -0.2) is 9.67 Å². The summed E-state index contributed by atoms with van der Waals surface area (Å²) in [5.74, 6) is 0.257. The molecule has 0 saturated heterocycles. The number of anilines is 1. The van der Waals surface area contributed by atoms with Crippen LogP contribution in [0.5, 0.6) is 0 Å². The Kier molecular flexibility index (Phi) is 5.19. The molecule has 0 radical (unpaired) electrons. The second-order valence-electron chi connectivity index (χ2n) is 6.58. The van der Waals surface area contributed by atoms with Gasteiger partial charge in [-0.05, 0) is 45.0 Å². The number of thiazole rings is 1. The Morgan fingerprint density at radius 3 is 2.61 bits per heavy atom. The van der Waals surface area contributed by atoms with Crippen molar-refractivity contribution in [3.8, 4) is 5.69 Å². The molecule has 0 atom stereocenters. The van der Waals surface area contributed by atoms with Crippen molar-refractivity contribution in [2.24, 2.45) is 0 Å². The van der Waals surface area contributed by atoms with Gasteiger partial charge in [0.2, 0.25) is 5.91 Å². The fourth-order valence-electron chi connectivity index (χ4n) is 2.98. The van der Waals surface area contributed by atoms with Crippen molar-refractivity contribution in [3.05, 3.63) is 65.5 Å². The first-order valence-corrected chi connectivity index (χ1v) is 10.7. The lowest BCUT2D eigenvalue weighted by atomic mass is 10.2. The minimum Gasteiger partial charge on any atom is -0.322 e. The SMILES string of the molecule is Cc1ccc(-n2nc(C)c(NC(=O)CSc3nc4ccccc4s3)c2C)cc1. The molecular weight excluding hydrogens is 388 g/mol. The number of benzene rings is 2. The standard InChI is InChI=1S/C21H20N4OS2/c1-13-8-10-16(11-9-13)25-15(3)20(14(2)24-25)23-19(26)12-27-21-22-17-6-4-5-7-18(17)28-21/h4-11H,12H2,1-3H3,(H,23,26).